The quantitative estimate of drug-likeness (QED) is 0.381. The molecule has 0 bridgehead atoms. The van der Waals surface area contributed by atoms with Crippen molar-refractivity contribution in [2.75, 3.05) is 10.5 Å². The first-order valence-corrected chi connectivity index (χ1v) is 7.32. The fraction of sp³-hybridized carbons (Fsp3) is 0. The van der Waals surface area contributed by atoms with E-state index in [-0.39, 0.29) is 0 Å². The van der Waals surface area contributed by atoms with E-state index in [9.17, 15) is 31.7 Å². The minimum absolute atomic E-state index is 0.528. The van der Waals surface area contributed by atoms with Crippen molar-refractivity contribution in [3.05, 3.63) is 57.9 Å². The summed E-state index contributed by atoms with van der Waals surface area (Å²) in [4.78, 5) is 9.13. The van der Waals surface area contributed by atoms with Crippen LogP contribution in [0.5, 0.6) is 0 Å². The van der Waals surface area contributed by atoms with Crippen molar-refractivity contribution in [2.24, 2.45) is 0 Å². The monoisotopic (exact) mass is 347 g/mol. The summed E-state index contributed by atoms with van der Waals surface area (Å²) in [5, 5.41) is 10.9. The molecule has 23 heavy (non-hydrogen) atoms. The lowest BCUT2D eigenvalue weighted by atomic mass is 10.2. The number of sulfonamides is 1. The van der Waals surface area contributed by atoms with Gasteiger partial charge in [0.2, 0.25) is 0 Å². The molecule has 7 nitrogen and oxygen atoms in total. The van der Waals surface area contributed by atoms with Gasteiger partial charge in [0.1, 0.15) is 0 Å². The third-order valence-electron chi connectivity index (χ3n) is 2.77. The molecule has 0 aliphatic rings. The molecule has 2 aromatic carbocycles. The van der Waals surface area contributed by atoms with Crippen molar-refractivity contribution in [3.8, 4) is 0 Å². The van der Waals surface area contributed by atoms with E-state index in [1.807, 2.05) is 0 Å². The first kappa shape index (κ1) is 16.5. The average molecular weight is 347 g/mol. The molecule has 2 rings (SSSR count). The number of nitrogens with two attached hydrogens (primary N) is 1. The van der Waals surface area contributed by atoms with Crippen LogP contribution < -0.4 is 10.5 Å². The summed E-state index contributed by atoms with van der Waals surface area (Å²) in [6.07, 6.45) is 0. The van der Waals surface area contributed by atoms with Crippen molar-refractivity contribution < 1.29 is 26.5 Å². The number of benzene rings is 2. The molecule has 11 heteroatoms. The number of nitro groups is 1. The van der Waals surface area contributed by atoms with E-state index in [1.54, 1.807) is 4.72 Å². The smallest absolute Gasteiger partial charge is 0.289 e. The Bertz CT molecular complexity index is 903. The Morgan fingerprint density at radius 2 is 1.70 bits per heavy atom. The fourth-order valence-corrected chi connectivity index (χ4v) is 2.96. The highest BCUT2D eigenvalue weighted by molar-refractivity contribution is 7.92. The van der Waals surface area contributed by atoms with E-state index in [2.05, 4.69) is 0 Å². The van der Waals surface area contributed by atoms with Crippen LogP contribution in [0.2, 0.25) is 0 Å². The maximum atomic E-state index is 13.6. The second kappa shape index (κ2) is 5.76. The molecule has 3 N–H and O–H groups in total. The normalized spacial score (nSPS) is 11.3. The molecule has 0 heterocycles. The molecule has 0 saturated heterocycles. The van der Waals surface area contributed by atoms with Crippen molar-refractivity contribution in [2.45, 2.75) is 4.90 Å². The van der Waals surface area contributed by atoms with E-state index in [4.69, 9.17) is 5.73 Å². The molecule has 122 valence electrons. The van der Waals surface area contributed by atoms with Crippen molar-refractivity contribution in [1.29, 1.82) is 0 Å². The zero-order valence-corrected chi connectivity index (χ0v) is 11.9. The summed E-state index contributed by atoms with van der Waals surface area (Å²) >= 11 is 0. The van der Waals surface area contributed by atoms with Gasteiger partial charge >= 0.3 is 0 Å². The van der Waals surface area contributed by atoms with Gasteiger partial charge in [0, 0.05) is 6.07 Å². The number of rotatable bonds is 4. The van der Waals surface area contributed by atoms with Gasteiger partial charge in [0.25, 0.3) is 15.7 Å². The fourth-order valence-electron chi connectivity index (χ4n) is 1.73. The van der Waals surface area contributed by atoms with E-state index in [0.29, 0.717) is 6.07 Å². The number of nitrogens with one attached hydrogen (secondary N) is 1. The SMILES string of the molecule is Nc1cc(NS(=O)(=O)c2ccccc2[N+](=O)[O-])c(F)c(F)c1F. The summed E-state index contributed by atoms with van der Waals surface area (Å²) in [6.45, 7) is 0. The molecule has 0 aromatic heterocycles. The molecule has 0 saturated carbocycles. The molecular weight excluding hydrogens is 339 g/mol. The van der Waals surface area contributed by atoms with Crippen LogP contribution in [-0.2, 0) is 10.0 Å². The van der Waals surface area contributed by atoms with Gasteiger partial charge in [-0.05, 0) is 12.1 Å². The van der Waals surface area contributed by atoms with Gasteiger partial charge in [-0.3, -0.25) is 14.8 Å². The summed E-state index contributed by atoms with van der Waals surface area (Å²) in [5.41, 5.74) is 2.53. The second-order valence-corrected chi connectivity index (χ2v) is 5.94. The molecule has 0 amide bonds. The molecule has 0 spiro atoms. The lowest BCUT2D eigenvalue weighted by molar-refractivity contribution is -0.387. The van der Waals surface area contributed by atoms with Gasteiger partial charge in [-0.15, -0.1) is 0 Å². The van der Waals surface area contributed by atoms with E-state index >= 15 is 0 Å². The standard InChI is InChI=1S/C12H8F3N3O4S/c13-10-6(16)5-7(11(14)12(10)15)17-23(21,22)9-4-2-1-3-8(9)18(19)20/h1-5,17H,16H2. The Hall–Kier alpha value is -2.82. The number of anilines is 2. The van der Waals surface area contributed by atoms with Crippen LogP contribution in [0, 0.1) is 27.6 Å². The number of para-hydroxylation sites is 1. The van der Waals surface area contributed by atoms with E-state index in [0.717, 1.165) is 12.1 Å². The summed E-state index contributed by atoms with van der Waals surface area (Å²) in [6, 6.07) is 4.79. The van der Waals surface area contributed by atoms with Gasteiger partial charge in [0.15, 0.2) is 22.3 Å². The van der Waals surface area contributed by atoms with Crippen LogP contribution in [0.25, 0.3) is 0 Å². The third kappa shape index (κ3) is 3.04. The minimum atomic E-state index is -4.63. The first-order chi connectivity index (χ1) is 10.6. The topological polar surface area (TPSA) is 115 Å². The Morgan fingerprint density at radius 1 is 1.09 bits per heavy atom. The number of nitro benzene ring substituents is 1. The summed E-state index contributed by atoms with van der Waals surface area (Å²) < 4.78 is 65.9. The van der Waals surface area contributed by atoms with Crippen molar-refractivity contribution in [3.63, 3.8) is 0 Å². The second-order valence-electron chi connectivity index (χ2n) is 4.29. The van der Waals surface area contributed by atoms with E-state index < -0.39 is 54.4 Å². The van der Waals surface area contributed by atoms with Crippen molar-refractivity contribution >= 4 is 27.1 Å². The van der Waals surface area contributed by atoms with Gasteiger partial charge in [0.05, 0.1) is 16.3 Å². The van der Waals surface area contributed by atoms with Crippen LogP contribution in [0.1, 0.15) is 0 Å². The maximum absolute atomic E-state index is 13.6. The predicted molar refractivity (Wildman–Crippen MR) is 74.6 cm³/mol. The molecule has 0 unspecified atom stereocenters. The Labute approximate surface area is 127 Å². The van der Waals surface area contributed by atoms with Gasteiger partial charge in [-0.25, -0.2) is 21.6 Å². The molecule has 0 atom stereocenters. The van der Waals surface area contributed by atoms with Crippen LogP contribution in [-0.4, -0.2) is 13.3 Å². The van der Waals surface area contributed by atoms with Crippen LogP contribution in [0.4, 0.5) is 30.2 Å². The Balaban J connectivity index is 2.55. The average Bonchev–Trinajstić information content (AvgIpc) is 2.50. The Morgan fingerprint density at radius 3 is 2.30 bits per heavy atom. The summed E-state index contributed by atoms with van der Waals surface area (Å²) in [5.74, 6) is -5.46. The number of nitrogens with zero attached hydrogens (tertiary/aromatic N) is 1. The molecule has 0 radical (unpaired) electrons. The van der Waals surface area contributed by atoms with Crippen LogP contribution in [0.15, 0.2) is 35.2 Å². The zero-order valence-electron chi connectivity index (χ0n) is 11.1. The van der Waals surface area contributed by atoms with Gasteiger partial charge in [-0.1, -0.05) is 12.1 Å². The highest BCUT2D eigenvalue weighted by atomic mass is 32.2. The molecule has 0 fully saturated rings. The molecule has 2 aromatic rings. The van der Waals surface area contributed by atoms with Crippen molar-refractivity contribution in [1.82, 2.24) is 0 Å². The maximum Gasteiger partial charge on any atom is 0.289 e. The molecule has 0 aliphatic carbocycles. The van der Waals surface area contributed by atoms with Gasteiger partial charge in [-0.2, -0.15) is 0 Å². The largest absolute Gasteiger partial charge is 0.396 e. The third-order valence-corrected chi connectivity index (χ3v) is 4.18. The zero-order chi connectivity index (χ0) is 17.4. The molecule has 0 aliphatic heterocycles. The Kier molecular flexibility index (Phi) is 4.14. The van der Waals surface area contributed by atoms with Crippen LogP contribution in [0.3, 0.4) is 0 Å². The number of hydrogen-bond acceptors (Lipinski definition) is 5. The number of hydrogen-bond donors (Lipinski definition) is 2. The number of halogens is 3. The number of nitrogen functional groups attached to an aromatic ring is 1. The van der Waals surface area contributed by atoms with Gasteiger partial charge < -0.3 is 5.73 Å². The lowest BCUT2D eigenvalue weighted by Gasteiger charge is -2.11. The molecular formula is C12H8F3N3O4S. The lowest BCUT2D eigenvalue weighted by Crippen LogP contribution is -2.16. The summed E-state index contributed by atoms with van der Waals surface area (Å²) in [7, 11) is -4.63. The van der Waals surface area contributed by atoms with E-state index in [1.165, 1.54) is 12.1 Å². The highest BCUT2D eigenvalue weighted by Crippen LogP contribution is 2.29. The highest BCUT2D eigenvalue weighted by Gasteiger charge is 2.27. The van der Waals surface area contributed by atoms with Crippen LogP contribution >= 0.6 is 0 Å². The minimum Gasteiger partial charge on any atom is -0.396 e. The predicted octanol–water partition coefficient (Wildman–Crippen LogP) is 2.40. The first-order valence-electron chi connectivity index (χ1n) is 5.84.